The summed E-state index contributed by atoms with van der Waals surface area (Å²) >= 11 is 0. The van der Waals surface area contributed by atoms with Crippen molar-refractivity contribution in [1.82, 2.24) is 0 Å². The van der Waals surface area contributed by atoms with Crippen LogP contribution in [-0.4, -0.2) is 20.2 Å². The number of para-hydroxylation sites is 1. The second-order valence-corrected chi connectivity index (χ2v) is 9.05. The molecule has 3 aliphatic rings. The fourth-order valence-electron chi connectivity index (χ4n) is 4.93. The van der Waals surface area contributed by atoms with E-state index in [0.717, 1.165) is 29.4 Å². The van der Waals surface area contributed by atoms with Gasteiger partial charge in [0, 0.05) is 6.04 Å². The standard InChI is InChI=1S/C17H23NO2S/c1-2-9-21(19,20)14-6-4-3-5-13(14)18-17-15-11-7-8-12(10-11)16(15)17/h3-6,11-12,15-18H,2,7-10H2,1H3. The van der Waals surface area contributed by atoms with Crippen LogP contribution in [0.1, 0.15) is 32.6 Å². The van der Waals surface area contributed by atoms with Crippen LogP contribution in [-0.2, 0) is 9.84 Å². The molecule has 0 saturated heterocycles. The first kappa shape index (κ1) is 13.6. The molecule has 4 heteroatoms. The number of rotatable bonds is 5. The normalized spacial score (nSPS) is 36.5. The van der Waals surface area contributed by atoms with Gasteiger partial charge >= 0.3 is 0 Å². The first-order valence-corrected chi connectivity index (χ1v) is 9.85. The molecule has 4 unspecified atom stereocenters. The van der Waals surface area contributed by atoms with Gasteiger partial charge in [-0.15, -0.1) is 0 Å². The molecule has 1 aromatic carbocycles. The predicted octanol–water partition coefficient (Wildman–Crippen LogP) is 3.33. The molecule has 0 amide bonds. The molecular formula is C17H23NO2S. The average Bonchev–Trinajstić information content (AvgIpc) is 2.84. The van der Waals surface area contributed by atoms with Crippen molar-refractivity contribution < 1.29 is 8.42 Å². The van der Waals surface area contributed by atoms with Crippen LogP contribution in [0.25, 0.3) is 0 Å². The van der Waals surface area contributed by atoms with Crippen LogP contribution in [0.2, 0.25) is 0 Å². The smallest absolute Gasteiger partial charge is 0.180 e. The summed E-state index contributed by atoms with van der Waals surface area (Å²) in [4.78, 5) is 0.490. The Kier molecular flexibility index (Phi) is 3.07. The minimum absolute atomic E-state index is 0.231. The zero-order valence-electron chi connectivity index (χ0n) is 12.5. The largest absolute Gasteiger partial charge is 0.381 e. The molecule has 0 aromatic heterocycles. The van der Waals surface area contributed by atoms with Gasteiger partial charge in [0.15, 0.2) is 9.84 Å². The molecule has 0 heterocycles. The zero-order chi connectivity index (χ0) is 14.6. The van der Waals surface area contributed by atoms with Gasteiger partial charge in [0.05, 0.1) is 16.3 Å². The van der Waals surface area contributed by atoms with Crippen LogP contribution in [0, 0.1) is 23.7 Å². The molecule has 114 valence electrons. The van der Waals surface area contributed by atoms with Gasteiger partial charge in [-0.2, -0.15) is 0 Å². The summed E-state index contributed by atoms with van der Waals surface area (Å²) in [5, 5.41) is 3.57. The summed E-state index contributed by atoms with van der Waals surface area (Å²) in [5.41, 5.74) is 0.824. The number of nitrogens with one attached hydrogen (secondary N) is 1. The molecule has 0 radical (unpaired) electrons. The molecule has 4 atom stereocenters. The molecule has 3 nitrogen and oxygen atoms in total. The lowest BCUT2D eigenvalue weighted by molar-refractivity contribution is 0.456. The summed E-state index contributed by atoms with van der Waals surface area (Å²) in [7, 11) is -3.16. The minimum atomic E-state index is -3.16. The Labute approximate surface area is 127 Å². The second kappa shape index (κ2) is 4.73. The van der Waals surface area contributed by atoms with Crippen LogP contribution in [0.3, 0.4) is 0 Å². The first-order valence-electron chi connectivity index (χ1n) is 8.20. The fourth-order valence-corrected chi connectivity index (χ4v) is 6.44. The first-order chi connectivity index (χ1) is 10.1. The van der Waals surface area contributed by atoms with Gasteiger partial charge in [0.25, 0.3) is 0 Å². The third kappa shape index (κ3) is 2.10. The van der Waals surface area contributed by atoms with Crippen molar-refractivity contribution in [1.29, 1.82) is 0 Å². The maximum Gasteiger partial charge on any atom is 0.180 e. The van der Waals surface area contributed by atoms with Gasteiger partial charge in [0.1, 0.15) is 0 Å². The monoisotopic (exact) mass is 305 g/mol. The van der Waals surface area contributed by atoms with E-state index in [1.165, 1.54) is 19.3 Å². The highest BCUT2D eigenvalue weighted by Gasteiger charge is 2.65. The molecule has 3 fully saturated rings. The molecule has 1 aromatic rings. The number of anilines is 1. The maximum atomic E-state index is 12.4. The second-order valence-electron chi connectivity index (χ2n) is 6.97. The molecule has 3 aliphatic carbocycles. The van der Waals surface area contributed by atoms with E-state index in [1.54, 1.807) is 6.07 Å². The molecular weight excluding hydrogens is 282 g/mol. The summed E-state index contributed by atoms with van der Waals surface area (Å²) in [5.74, 6) is 3.65. The van der Waals surface area contributed by atoms with E-state index in [1.807, 2.05) is 25.1 Å². The fraction of sp³-hybridized carbons (Fsp3) is 0.647. The molecule has 21 heavy (non-hydrogen) atoms. The topological polar surface area (TPSA) is 46.2 Å². The number of sulfone groups is 1. The lowest BCUT2D eigenvalue weighted by atomic mass is 10.0. The Morgan fingerprint density at radius 1 is 1.14 bits per heavy atom. The summed E-state index contributed by atoms with van der Waals surface area (Å²) in [6, 6.07) is 7.96. The lowest BCUT2D eigenvalue weighted by Crippen LogP contribution is -2.16. The number of hydrogen-bond donors (Lipinski definition) is 1. The number of fused-ring (bicyclic) bond motifs is 5. The van der Waals surface area contributed by atoms with Gasteiger partial charge in [-0.05, 0) is 61.5 Å². The minimum Gasteiger partial charge on any atom is -0.381 e. The van der Waals surface area contributed by atoms with Crippen molar-refractivity contribution in [2.45, 2.75) is 43.5 Å². The predicted molar refractivity (Wildman–Crippen MR) is 84.0 cm³/mol. The van der Waals surface area contributed by atoms with Crippen molar-refractivity contribution in [3.05, 3.63) is 24.3 Å². The highest BCUT2D eigenvalue weighted by atomic mass is 32.2. The quantitative estimate of drug-likeness (QED) is 0.907. The third-order valence-electron chi connectivity index (χ3n) is 5.75. The van der Waals surface area contributed by atoms with E-state index in [0.29, 0.717) is 17.4 Å². The van der Waals surface area contributed by atoms with Gasteiger partial charge in [-0.1, -0.05) is 19.1 Å². The molecule has 0 spiro atoms. The van der Waals surface area contributed by atoms with Crippen molar-refractivity contribution in [3.8, 4) is 0 Å². The highest BCUT2D eigenvalue weighted by molar-refractivity contribution is 7.91. The Morgan fingerprint density at radius 2 is 1.81 bits per heavy atom. The Morgan fingerprint density at radius 3 is 2.48 bits per heavy atom. The Hall–Kier alpha value is -1.03. The Balaban J connectivity index is 1.57. The summed E-state index contributed by atoms with van der Waals surface area (Å²) in [6.07, 6.45) is 4.86. The zero-order valence-corrected chi connectivity index (χ0v) is 13.3. The van der Waals surface area contributed by atoms with Gasteiger partial charge in [-0.25, -0.2) is 8.42 Å². The lowest BCUT2D eigenvalue weighted by Gasteiger charge is -2.15. The SMILES string of the molecule is CCCS(=O)(=O)c1ccccc1NC1C2C3CCC(C3)C12. The summed E-state index contributed by atoms with van der Waals surface area (Å²) in [6.45, 7) is 1.91. The van der Waals surface area contributed by atoms with Crippen molar-refractivity contribution in [2.75, 3.05) is 11.1 Å². The third-order valence-corrected chi connectivity index (χ3v) is 7.72. The molecule has 4 rings (SSSR count). The average molecular weight is 305 g/mol. The van der Waals surface area contributed by atoms with Crippen LogP contribution in [0.4, 0.5) is 5.69 Å². The van der Waals surface area contributed by atoms with E-state index in [4.69, 9.17) is 0 Å². The molecule has 3 saturated carbocycles. The van der Waals surface area contributed by atoms with E-state index in [-0.39, 0.29) is 5.75 Å². The van der Waals surface area contributed by atoms with E-state index < -0.39 is 9.84 Å². The van der Waals surface area contributed by atoms with Gasteiger partial charge < -0.3 is 5.32 Å². The van der Waals surface area contributed by atoms with E-state index in [9.17, 15) is 8.42 Å². The Bertz CT molecular complexity index is 639. The van der Waals surface area contributed by atoms with Gasteiger partial charge in [-0.3, -0.25) is 0 Å². The van der Waals surface area contributed by atoms with Crippen LogP contribution >= 0.6 is 0 Å². The van der Waals surface area contributed by atoms with Gasteiger partial charge in [0.2, 0.25) is 0 Å². The van der Waals surface area contributed by atoms with Crippen LogP contribution in [0.15, 0.2) is 29.2 Å². The molecule has 0 aliphatic heterocycles. The number of benzene rings is 1. The highest BCUT2D eigenvalue weighted by Crippen LogP contribution is 2.66. The van der Waals surface area contributed by atoms with Crippen molar-refractivity contribution >= 4 is 15.5 Å². The van der Waals surface area contributed by atoms with Crippen LogP contribution in [0.5, 0.6) is 0 Å². The molecule has 1 N–H and O–H groups in total. The van der Waals surface area contributed by atoms with Crippen LogP contribution < -0.4 is 5.32 Å². The van der Waals surface area contributed by atoms with E-state index >= 15 is 0 Å². The van der Waals surface area contributed by atoms with Crippen molar-refractivity contribution in [2.24, 2.45) is 23.7 Å². The molecule has 2 bridgehead atoms. The van der Waals surface area contributed by atoms with E-state index in [2.05, 4.69) is 5.32 Å². The maximum absolute atomic E-state index is 12.4. The number of hydrogen-bond acceptors (Lipinski definition) is 3. The van der Waals surface area contributed by atoms with Crippen molar-refractivity contribution in [3.63, 3.8) is 0 Å². The summed E-state index contributed by atoms with van der Waals surface area (Å²) < 4.78 is 24.8.